The van der Waals surface area contributed by atoms with E-state index in [0.717, 1.165) is 11.1 Å². The zero-order valence-corrected chi connectivity index (χ0v) is 21.0. The predicted octanol–water partition coefficient (Wildman–Crippen LogP) is 6.42. The third kappa shape index (κ3) is 4.12. The Hall–Kier alpha value is -4.10. The number of carbonyl (C=O) groups excluding carboxylic acids is 2. The summed E-state index contributed by atoms with van der Waals surface area (Å²) in [7, 11) is 0. The lowest BCUT2D eigenvalue weighted by atomic mass is 9.97. The lowest BCUT2D eigenvalue weighted by Gasteiger charge is -2.26. The second kappa shape index (κ2) is 9.51. The van der Waals surface area contributed by atoms with Gasteiger partial charge in [0, 0.05) is 17.4 Å². The van der Waals surface area contributed by atoms with Gasteiger partial charge in [-0.3, -0.25) is 19.5 Å². The van der Waals surface area contributed by atoms with Crippen molar-refractivity contribution < 1.29 is 14.7 Å². The number of aryl methyl sites for hydroxylation is 1. The van der Waals surface area contributed by atoms with Crippen LogP contribution in [0.3, 0.4) is 0 Å². The number of ketones is 1. The molecule has 0 spiro atoms. The average Bonchev–Trinajstić information content (AvgIpc) is 3.42. The first-order chi connectivity index (χ1) is 17.4. The highest BCUT2D eigenvalue weighted by Gasteiger charge is 2.46. The summed E-state index contributed by atoms with van der Waals surface area (Å²) in [4.78, 5) is 38.2. The quantitative estimate of drug-likeness (QED) is 0.312. The maximum Gasteiger partial charge on any atom is 0.294 e. The molecule has 4 aromatic rings. The van der Waals surface area contributed by atoms with Crippen molar-refractivity contribution in [1.29, 1.82) is 0 Å². The van der Waals surface area contributed by atoms with Crippen LogP contribution < -0.4 is 4.90 Å². The summed E-state index contributed by atoms with van der Waals surface area (Å²) in [5.74, 6) is -1.28. The Morgan fingerprint density at radius 3 is 2.33 bits per heavy atom. The molecule has 2 aromatic carbocycles. The number of aliphatic hydroxyl groups excluding tert-OH is 1. The van der Waals surface area contributed by atoms with Gasteiger partial charge in [-0.2, -0.15) is 0 Å². The molecule has 7 heteroatoms. The number of hydrogen-bond donors (Lipinski definition) is 1. The molecule has 0 fully saturated rings. The molecule has 2 aromatic heterocycles. The highest BCUT2D eigenvalue weighted by Crippen LogP contribution is 2.42. The van der Waals surface area contributed by atoms with Gasteiger partial charge in [-0.15, -0.1) is 11.3 Å². The maximum atomic E-state index is 13.9. The van der Waals surface area contributed by atoms with Gasteiger partial charge in [-0.25, -0.2) is 4.98 Å². The molecule has 0 saturated carbocycles. The monoisotopic (exact) mass is 495 g/mol. The number of hydrogen-bond acceptors (Lipinski definition) is 6. The maximum absolute atomic E-state index is 13.9. The Kier molecular flexibility index (Phi) is 6.24. The van der Waals surface area contributed by atoms with Gasteiger partial charge in [0.1, 0.15) is 11.0 Å². The van der Waals surface area contributed by atoms with Crippen LogP contribution in [0.2, 0.25) is 0 Å². The van der Waals surface area contributed by atoms with E-state index in [4.69, 9.17) is 0 Å². The number of Topliss-reactive ketones (excluding diaryl/α,β-unsaturated/α-hetero) is 1. The minimum atomic E-state index is -0.863. The molecule has 1 aliphatic heterocycles. The molecule has 3 heterocycles. The molecule has 6 nitrogen and oxygen atoms in total. The zero-order valence-electron chi connectivity index (χ0n) is 20.2. The lowest BCUT2D eigenvalue weighted by Crippen LogP contribution is -2.31. The van der Waals surface area contributed by atoms with Crippen molar-refractivity contribution in [3.8, 4) is 10.6 Å². The Balaban J connectivity index is 1.60. The van der Waals surface area contributed by atoms with Gasteiger partial charge < -0.3 is 5.11 Å². The van der Waals surface area contributed by atoms with Gasteiger partial charge in [0.25, 0.3) is 5.91 Å². The Labute approximate surface area is 213 Å². The minimum absolute atomic E-state index is 0.0120. The van der Waals surface area contributed by atoms with Gasteiger partial charge in [-0.1, -0.05) is 62.4 Å². The van der Waals surface area contributed by atoms with Crippen LogP contribution in [-0.2, 0) is 4.79 Å². The van der Waals surface area contributed by atoms with Crippen molar-refractivity contribution in [2.75, 3.05) is 4.90 Å². The normalized spacial score (nSPS) is 15.7. The number of benzene rings is 2. The van der Waals surface area contributed by atoms with E-state index < -0.39 is 23.5 Å². The van der Waals surface area contributed by atoms with Crippen molar-refractivity contribution in [2.24, 2.45) is 0 Å². The number of pyridine rings is 1. The molecule has 0 radical (unpaired) electrons. The molecular formula is C29H25N3O3S. The third-order valence-electron chi connectivity index (χ3n) is 6.28. The van der Waals surface area contributed by atoms with Crippen molar-refractivity contribution in [2.45, 2.75) is 32.7 Å². The van der Waals surface area contributed by atoms with Crippen LogP contribution in [0.4, 0.5) is 5.69 Å². The van der Waals surface area contributed by atoms with Crippen molar-refractivity contribution >= 4 is 28.7 Å². The van der Waals surface area contributed by atoms with Crippen LogP contribution in [0.25, 0.3) is 10.6 Å². The number of anilines is 1. The second-order valence-corrected chi connectivity index (χ2v) is 9.97. The van der Waals surface area contributed by atoms with Crippen LogP contribution in [0.1, 0.15) is 52.4 Å². The van der Waals surface area contributed by atoms with Crippen LogP contribution >= 0.6 is 11.3 Å². The number of amides is 1. The second-order valence-electron chi connectivity index (χ2n) is 8.97. The average molecular weight is 496 g/mol. The summed E-state index contributed by atoms with van der Waals surface area (Å²) in [6, 6.07) is 21.7. The standard InChI is InChI=1S/C29H25N3O3S/c1-17(2)19-12-14-21(15-13-19)32-24(22-11-7-8-16-30-22)23(26(34)29(32)35)25(33)27-18(3)31-28(36-27)20-9-5-4-6-10-20/h4-17,24,34H,1-3H3. The Morgan fingerprint density at radius 1 is 1.00 bits per heavy atom. The van der Waals surface area contributed by atoms with Gasteiger partial charge in [0.2, 0.25) is 5.78 Å². The summed E-state index contributed by atoms with van der Waals surface area (Å²) in [6.07, 6.45) is 1.61. The molecule has 1 aliphatic rings. The molecule has 1 N–H and O–H groups in total. The fourth-order valence-corrected chi connectivity index (χ4v) is 5.40. The van der Waals surface area contributed by atoms with E-state index in [1.54, 1.807) is 31.3 Å². The molecule has 1 unspecified atom stereocenters. The van der Waals surface area contributed by atoms with E-state index in [1.165, 1.54) is 16.2 Å². The minimum Gasteiger partial charge on any atom is -0.503 e. The Morgan fingerprint density at radius 2 is 1.69 bits per heavy atom. The summed E-state index contributed by atoms with van der Waals surface area (Å²) in [5.41, 5.74) is 3.67. The highest BCUT2D eigenvalue weighted by molar-refractivity contribution is 7.17. The largest absolute Gasteiger partial charge is 0.503 e. The SMILES string of the molecule is Cc1nc(-c2ccccc2)sc1C(=O)C1=C(O)C(=O)N(c2ccc(C(C)C)cc2)C1c1ccccn1. The van der Waals surface area contributed by atoms with E-state index >= 15 is 0 Å². The van der Waals surface area contributed by atoms with Gasteiger partial charge in [0.15, 0.2) is 5.76 Å². The molecule has 0 saturated heterocycles. The molecule has 36 heavy (non-hydrogen) atoms. The number of aromatic nitrogens is 2. The molecular weight excluding hydrogens is 470 g/mol. The number of nitrogens with zero attached hydrogens (tertiary/aromatic N) is 3. The van der Waals surface area contributed by atoms with Crippen LogP contribution in [-0.4, -0.2) is 26.8 Å². The lowest BCUT2D eigenvalue weighted by molar-refractivity contribution is -0.117. The predicted molar refractivity (Wildman–Crippen MR) is 141 cm³/mol. The zero-order chi connectivity index (χ0) is 25.4. The summed E-state index contributed by atoms with van der Waals surface area (Å²) in [6.45, 7) is 5.96. The fourth-order valence-electron chi connectivity index (χ4n) is 4.37. The van der Waals surface area contributed by atoms with Crippen LogP contribution in [0, 0.1) is 6.92 Å². The fraction of sp³-hybridized carbons (Fsp3) is 0.172. The molecule has 5 rings (SSSR count). The third-order valence-corrected chi connectivity index (χ3v) is 7.49. The Bertz CT molecular complexity index is 1460. The first-order valence-electron chi connectivity index (χ1n) is 11.7. The van der Waals surface area contributed by atoms with E-state index in [9.17, 15) is 14.7 Å². The molecule has 0 aliphatic carbocycles. The smallest absolute Gasteiger partial charge is 0.294 e. The van der Waals surface area contributed by atoms with Crippen LogP contribution in [0.5, 0.6) is 0 Å². The molecule has 180 valence electrons. The summed E-state index contributed by atoms with van der Waals surface area (Å²) >= 11 is 1.25. The van der Waals surface area contributed by atoms with Crippen molar-refractivity contribution in [3.63, 3.8) is 0 Å². The summed E-state index contributed by atoms with van der Waals surface area (Å²) < 4.78 is 0. The van der Waals surface area contributed by atoms with Crippen molar-refractivity contribution in [1.82, 2.24) is 9.97 Å². The molecule has 1 amide bonds. The van der Waals surface area contributed by atoms with E-state index in [1.807, 2.05) is 54.6 Å². The van der Waals surface area contributed by atoms with E-state index in [2.05, 4.69) is 23.8 Å². The molecule has 0 bridgehead atoms. The number of rotatable bonds is 6. The van der Waals surface area contributed by atoms with E-state index in [-0.39, 0.29) is 5.57 Å². The number of aliphatic hydroxyl groups is 1. The number of thiazole rings is 1. The topological polar surface area (TPSA) is 83.4 Å². The van der Waals surface area contributed by atoms with Crippen molar-refractivity contribution in [3.05, 3.63) is 112 Å². The van der Waals surface area contributed by atoms with E-state index in [0.29, 0.717) is 32.9 Å². The van der Waals surface area contributed by atoms with Gasteiger partial charge >= 0.3 is 0 Å². The first-order valence-corrected chi connectivity index (χ1v) is 12.5. The molecule has 1 atom stereocenters. The highest BCUT2D eigenvalue weighted by atomic mass is 32.1. The van der Waals surface area contributed by atoms with Gasteiger partial charge in [-0.05, 0) is 42.7 Å². The van der Waals surface area contributed by atoms with Crippen LogP contribution in [0.15, 0.2) is 90.3 Å². The number of carbonyl (C=O) groups is 2. The summed E-state index contributed by atoms with van der Waals surface area (Å²) in [5, 5.41) is 11.7. The first kappa shape index (κ1) is 23.6. The van der Waals surface area contributed by atoms with Gasteiger partial charge in [0.05, 0.1) is 21.8 Å².